The van der Waals surface area contributed by atoms with Crippen LogP contribution in [0.15, 0.2) is 23.3 Å². The third kappa shape index (κ3) is 6.08. The molecule has 1 heterocycles. The molecule has 0 spiro atoms. The van der Waals surface area contributed by atoms with E-state index in [1.807, 2.05) is 12.1 Å². The van der Waals surface area contributed by atoms with Crippen LogP contribution in [0.2, 0.25) is 0 Å². The van der Waals surface area contributed by atoms with Crippen molar-refractivity contribution in [1.82, 2.24) is 15.6 Å². The molecule has 1 aliphatic carbocycles. The summed E-state index contributed by atoms with van der Waals surface area (Å²) in [5, 5.41) is 6.68. The monoisotopic (exact) mass is 318 g/mol. The molecule has 0 saturated heterocycles. The van der Waals surface area contributed by atoms with Gasteiger partial charge in [0.25, 0.3) is 0 Å². The second-order valence-corrected chi connectivity index (χ2v) is 7.06. The predicted molar refractivity (Wildman–Crippen MR) is 94.8 cm³/mol. The van der Waals surface area contributed by atoms with Crippen LogP contribution in [0.4, 0.5) is 0 Å². The smallest absolute Gasteiger partial charge is 0.218 e. The lowest BCUT2D eigenvalue weighted by Gasteiger charge is -2.23. The molecule has 23 heavy (non-hydrogen) atoms. The first kappa shape index (κ1) is 17.6. The fourth-order valence-corrected chi connectivity index (χ4v) is 2.64. The number of guanidine groups is 1. The van der Waals surface area contributed by atoms with Gasteiger partial charge in [-0.25, -0.2) is 9.98 Å². The van der Waals surface area contributed by atoms with Crippen LogP contribution in [-0.2, 0) is 6.54 Å². The highest BCUT2D eigenvalue weighted by Gasteiger charge is 2.18. The SMILES string of the molecule is CCNC(=NCc1cccnc1OC1CCCC1)NC(C)(C)C. The quantitative estimate of drug-likeness (QED) is 0.646. The molecule has 2 rings (SSSR count). The highest BCUT2D eigenvalue weighted by molar-refractivity contribution is 5.80. The molecule has 0 atom stereocenters. The standard InChI is InChI=1S/C18H30N4O/c1-5-19-17(22-18(2,3)4)21-13-14-9-8-12-20-16(14)23-15-10-6-7-11-15/h8-9,12,15H,5-7,10-11,13H2,1-4H3,(H2,19,21,22). The van der Waals surface area contributed by atoms with Gasteiger partial charge in [-0.05, 0) is 59.4 Å². The summed E-state index contributed by atoms with van der Waals surface area (Å²) in [5.74, 6) is 1.55. The minimum absolute atomic E-state index is 0.0287. The lowest BCUT2D eigenvalue weighted by molar-refractivity contribution is 0.199. The molecular formula is C18H30N4O. The van der Waals surface area contributed by atoms with Gasteiger partial charge in [-0.3, -0.25) is 0 Å². The van der Waals surface area contributed by atoms with Gasteiger partial charge in [0.1, 0.15) is 6.10 Å². The second kappa shape index (κ2) is 8.18. The first-order valence-corrected chi connectivity index (χ1v) is 8.65. The molecule has 5 nitrogen and oxygen atoms in total. The summed E-state index contributed by atoms with van der Waals surface area (Å²) in [6.07, 6.45) is 6.88. The van der Waals surface area contributed by atoms with Crippen LogP contribution in [0, 0.1) is 0 Å². The van der Waals surface area contributed by atoms with Crippen molar-refractivity contribution < 1.29 is 4.74 Å². The molecule has 0 radical (unpaired) electrons. The Morgan fingerprint density at radius 1 is 1.35 bits per heavy atom. The molecular weight excluding hydrogens is 288 g/mol. The first-order valence-electron chi connectivity index (χ1n) is 8.65. The average Bonchev–Trinajstić information content (AvgIpc) is 2.98. The van der Waals surface area contributed by atoms with Crippen LogP contribution in [0.25, 0.3) is 0 Å². The lowest BCUT2D eigenvalue weighted by Crippen LogP contribution is -2.47. The van der Waals surface area contributed by atoms with E-state index in [9.17, 15) is 0 Å². The predicted octanol–water partition coefficient (Wildman–Crippen LogP) is 3.26. The zero-order valence-electron chi connectivity index (χ0n) is 14.9. The lowest BCUT2D eigenvalue weighted by atomic mass is 10.1. The Labute approximate surface area is 139 Å². The van der Waals surface area contributed by atoms with Gasteiger partial charge >= 0.3 is 0 Å². The van der Waals surface area contributed by atoms with Gasteiger partial charge in [-0.2, -0.15) is 0 Å². The van der Waals surface area contributed by atoms with Gasteiger partial charge in [-0.15, -0.1) is 0 Å². The van der Waals surface area contributed by atoms with Crippen LogP contribution in [-0.4, -0.2) is 29.1 Å². The third-order valence-electron chi connectivity index (χ3n) is 3.68. The van der Waals surface area contributed by atoms with Crippen LogP contribution >= 0.6 is 0 Å². The van der Waals surface area contributed by atoms with Crippen molar-refractivity contribution in [2.45, 2.75) is 71.6 Å². The maximum atomic E-state index is 6.08. The summed E-state index contributed by atoms with van der Waals surface area (Å²) in [6.45, 7) is 9.83. The zero-order chi connectivity index (χ0) is 16.7. The van der Waals surface area contributed by atoms with Crippen molar-refractivity contribution in [3.63, 3.8) is 0 Å². The normalized spacial score (nSPS) is 16.4. The molecule has 0 unspecified atom stereocenters. The number of aliphatic imine (C=N–C) groups is 1. The molecule has 0 amide bonds. The van der Waals surface area contributed by atoms with E-state index in [1.54, 1.807) is 6.20 Å². The molecule has 128 valence electrons. The summed E-state index contributed by atoms with van der Waals surface area (Å²) in [5.41, 5.74) is 1.00. The maximum absolute atomic E-state index is 6.08. The molecule has 0 bridgehead atoms. The van der Waals surface area contributed by atoms with Crippen molar-refractivity contribution in [2.75, 3.05) is 6.54 Å². The Hall–Kier alpha value is -1.78. The largest absolute Gasteiger partial charge is 0.474 e. The first-order chi connectivity index (χ1) is 11.0. The molecule has 1 aromatic heterocycles. The average molecular weight is 318 g/mol. The molecule has 1 fully saturated rings. The van der Waals surface area contributed by atoms with E-state index < -0.39 is 0 Å². The van der Waals surface area contributed by atoms with E-state index in [-0.39, 0.29) is 5.54 Å². The van der Waals surface area contributed by atoms with Crippen LogP contribution in [0.5, 0.6) is 5.88 Å². The molecule has 1 aliphatic rings. The molecule has 0 aliphatic heterocycles. The Balaban J connectivity index is 2.06. The highest BCUT2D eigenvalue weighted by Crippen LogP contribution is 2.25. The maximum Gasteiger partial charge on any atom is 0.218 e. The summed E-state index contributed by atoms with van der Waals surface area (Å²) in [6, 6.07) is 3.98. The van der Waals surface area contributed by atoms with Crippen molar-refractivity contribution in [3.8, 4) is 5.88 Å². The second-order valence-electron chi connectivity index (χ2n) is 7.06. The van der Waals surface area contributed by atoms with Gasteiger partial charge in [0.2, 0.25) is 5.88 Å². The molecule has 1 saturated carbocycles. The van der Waals surface area contributed by atoms with Crippen molar-refractivity contribution in [2.24, 2.45) is 4.99 Å². The topological polar surface area (TPSA) is 58.5 Å². The summed E-state index contributed by atoms with van der Waals surface area (Å²) in [7, 11) is 0. The van der Waals surface area contributed by atoms with Gasteiger partial charge < -0.3 is 15.4 Å². The fraction of sp³-hybridized carbons (Fsp3) is 0.667. The Morgan fingerprint density at radius 3 is 2.74 bits per heavy atom. The van der Waals surface area contributed by atoms with E-state index in [1.165, 1.54) is 12.8 Å². The minimum Gasteiger partial charge on any atom is -0.474 e. The summed E-state index contributed by atoms with van der Waals surface area (Å²) in [4.78, 5) is 9.09. The summed E-state index contributed by atoms with van der Waals surface area (Å²) >= 11 is 0. The molecule has 5 heteroatoms. The Kier molecular flexibility index (Phi) is 6.25. The number of hydrogen-bond donors (Lipinski definition) is 2. The van der Waals surface area contributed by atoms with E-state index >= 15 is 0 Å². The van der Waals surface area contributed by atoms with Crippen LogP contribution in [0.1, 0.15) is 58.9 Å². The minimum atomic E-state index is -0.0287. The molecule has 0 aromatic carbocycles. The number of rotatable bonds is 5. The molecule has 2 N–H and O–H groups in total. The Morgan fingerprint density at radius 2 is 2.09 bits per heavy atom. The zero-order valence-corrected chi connectivity index (χ0v) is 14.9. The Bertz CT molecular complexity index is 516. The van der Waals surface area contributed by atoms with Gasteiger partial charge in [0.15, 0.2) is 5.96 Å². The number of pyridine rings is 1. The van der Waals surface area contributed by atoms with E-state index in [0.29, 0.717) is 12.6 Å². The van der Waals surface area contributed by atoms with Crippen LogP contribution in [0.3, 0.4) is 0 Å². The summed E-state index contributed by atoms with van der Waals surface area (Å²) < 4.78 is 6.08. The third-order valence-corrected chi connectivity index (χ3v) is 3.68. The fourth-order valence-electron chi connectivity index (χ4n) is 2.64. The van der Waals surface area contributed by atoms with E-state index in [4.69, 9.17) is 4.74 Å². The number of hydrogen-bond acceptors (Lipinski definition) is 3. The van der Waals surface area contributed by atoms with Crippen molar-refractivity contribution >= 4 is 5.96 Å². The van der Waals surface area contributed by atoms with Crippen LogP contribution < -0.4 is 15.4 Å². The van der Waals surface area contributed by atoms with E-state index in [2.05, 4.69) is 48.3 Å². The number of ether oxygens (including phenoxy) is 1. The van der Waals surface area contributed by atoms with Gasteiger partial charge in [0.05, 0.1) is 6.54 Å². The van der Waals surface area contributed by atoms with Crippen molar-refractivity contribution in [1.29, 1.82) is 0 Å². The van der Waals surface area contributed by atoms with Gasteiger partial charge in [-0.1, -0.05) is 6.07 Å². The van der Waals surface area contributed by atoms with E-state index in [0.717, 1.165) is 36.8 Å². The van der Waals surface area contributed by atoms with Crippen molar-refractivity contribution in [3.05, 3.63) is 23.9 Å². The highest BCUT2D eigenvalue weighted by atomic mass is 16.5. The number of aromatic nitrogens is 1. The number of nitrogens with zero attached hydrogens (tertiary/aromatic N) is 2. The van der Waals surface area contributed by atoms with Gasteiger partial charge in [0, 0.05) is 23.8 Å². The molecule has 1 aromatic rings. The number of nitrogens with one attached hydrogen (secondary N) is 2.